The molecule has 2 aromatic carbocycles. The number of esters is 2. The van der Waals surface area contributed by atoms with Crippen LogP contribution in [0.4, 0.5) is 0 Å². The third-order valence-electron chi connectivity index (χ3n) is 5.39. The van der Waals surface area contributed by atoms with Crippen molar-refractivity contribution in [2.24, 2.45) is 15.8 Å². The first-order valence-electron chi connectivity index (χ1n) is 8.76. The van der Waals surface area contributed by atoms with Crippen LogP contribution >= 0.6 is 0 Å². The van der Waals surface area contributed by atoms with Gasteiger partial charge >= 0.3 is 11.9 Å². The van der Waals surface area contributed by atoms with Gasteiger partial charge in [0.05, 0.1) is 26.0 Å². The van der Waals surface area contributed by atoms with Gasteiger partial charge in [0, 0.05) is 16.5 Å². The summed E-state index contributed by atoms with van der Waals surface area (Å²) in [6.07, 6.45) is 0. The molecule has 1 saturated carbocycles. The fourth-order valence-corrected chi connectivity index (χ4v) is 3.79. The number of aliphatic imine (C=N–C) groups is 1. The smallest absolute Gasteiger partial charge is 0.326 e. The monoisotopic (exact) mass is 365 g/mol. The van der Waals surface area contributed by atoms with E-state index in [4.69, 9.17) is 14.5 Å². The number of hydrogen-bond donors (Lipinski definition) is 0. The Balaban J connectivity index is 2.16. The molecule has 27 heavy (non-hydrogen) atoms. The van der Waals surface area contributed by atoms with E-state index in [1.54, 1.807) is 0 Å². The Labute approximate surface area is 159 Å². The summed E-state index contributed by atoms with van der Waals surface area (Å²) in [5, 5.41) is 0. The molecule has 0 heterocycles. The summed E-state index contributed by atoms with van der Waals surface area (Å²) < 4.78 is 9.90. The molecule has 0 radical (unpaired) electrons. The molecule has 1 unspecified atom stereocenters. The third kappa shape index (κ3) is 2.83. The predicted octanol–water partition coefficient (Wildman–Crippen LogP) is 3.26. The SMILES string of the molecule is COC(=O)C1(C(=O)OC)C(N=C(c2ccccc2)c2ccccc2)C1(C)C. The maximum Gasteiger partial charge on any atom is 0.326 e. The van der Waals surface area contributed by atoms with Crippen LogP contribution in [-0.4, -0.2) is 37.9 Å². The van der Waals surface area contributed by atoms with E-state index in [2.05, 4.69) is 0 Å². The van der Waals surface area contributed by atoms with Crippen LogP contribution in [-0.2, 0) is 19.1 Å². The standard InChI is InChI=1S/C22H23NO4/c1-21(2)18(22(21,19(24)26-3)20(25)27-4)23-17(15-11-7-5-8-12-15)16-13-9-6-10-14-16/h5-14,18H,1-4H3. The van der Waals surface area contributed by atoms with Crippen molar-refractivity contribution >= 4 is 17.7 Å². The Bertz CT molecular complexity index is 814. The van der Waals surface area contributed by atoms with E-state index < -0.39 is 28.8 Å². The molecule has 0 aliphatic heterocycles. The van der Waals surface area contributed by atoms with Gasteiger partial charge in [-0.05, 0) is 0 Å². The van der Waals surface area contributed by atoms with Crippen molar-refractivity contribution in [1.82, 2.24) is 0 Å². The molecule has 0 saturated heterocycles. The number of methoxy groups -OCH3 is 2. The Morgan fingerprint density at radius 2 is 1.22 bits per heavy atom. The molecule has 140 valence electrons. The van der Waals surface area contributed by atoms with Crippen molar-refractivity contribution in [2.45, 2.75) is 19.9 Å². The molecule has 1 atom stereocenters. The maximum absolute atomic E-state index is 12.6. The highest BCUT2D eigenvalue weighted by Gasteiger charge is 2.82. The number of hydrogen-bond acceptors (Lipinski definition) is 5. The predicted molar refractivity (Wildman–Crippen MR) is 103 cm³/mol. The first-order chi connectivity index (χ1) is 12.9. The summed E-state index contributed by atoms with van der Waals surface area (Å²) in [5.41, 5.74) is 0.391. The number of carbonyl (C=O) groups is 2. The summed E-state index contributed by atoms with van der Waals surface area (Å²) >= 11 is 0. The zero-order valence-electron chi connectivity index (χ0n) is 15.9. The summed E-state index contributed by atoms with van der Waals surface area (Å²) in [6, 6.07) is 18.8. The fraction of sp³-hybridized carbons (Fsp3) is 0.318. The van der Waals surface area contributed by atoms with Crippen molar-refractivity contribution in [2.75, 3.05) is 14.2 Å². The number of benzene rings is 2. The van der Waals surface area contributed by atoms with E-state index >= 15 is 0 Å². The van der Waals surface area contributed by atoms with E-state index in [0.717, 1.165) is 16.8 Å². The van der Waals surface area contributed by atoms with Crippen LogP contribution in [0.5, 0.6) is 0 Å². The van der Waals surface area contributed by atoms with Crippen molar-refractivity contribution in [1.29, 1.82) is 0 Å². The van der Waals surface area contributed by atoms with E-state index in [1.165, 1.54) is 14.2 Å². The van der Waals surface area contributed by atoms with Crippen LogP contribution < -0.4 is 0 Å². The number of carbonyl (C=O) groups excluding carboxylic acids is 2. The van der Waals surface area contributed by atoms with E-state index in [1.807, 2.05) is 74.5 Å². The molecule has 1 aliphatic rings. The van der Waals surface area contributed by atoms with Crippen LogP contribution in [0.3, 0.4) is 0 Å². The highest BCUT2D eigenvalue weighted by atomic mass is 16.5. The molecule has 2 aromatic rings. The van der Waals surface area contributed by atoms with Gasteiger partial charge in [-0.1, -0.05) is 74.5 Å². The molecule has 0 spiro atoms. The van der Waals surface area contributed by atoms with Gasteiger partial charge in [-0.15, -0.1) is 0 Å². The Hall–Kier alpha value is -2.95. The van der Waals surface area contributed by atoms with Crippen molar-refractivity contribution in [3.63, 3.8) is 0 Å². The first kappa shape index (κ1) is 18.8. The van der Waals surface area contributed by atoms with Gasteiger partial charge < -0.3 is 9.47 Å². The molecule has 5 heteroatoms. The molecular formula is C22H23NO4. The number of nitrogens with zero attached hydrogens (tertiary/aromatic N) is 1. The van der Waals surface area contributed by atoms with E-state index in [9.17, 15) is 9.59 Å². The average Bonchev–Trinajstić information content (AvgIpc) is 3.21. The van der Waals surface area contributed by atoms with Gasteiger partial charge in [-0.25, -0.2) is 0 Å². The largest absolute Gasteiger partial charge is 0.468 e. The van der Waals surface area contributed by atoms with Gasteiger partial charge in [0.1, 0.15) is 0 Å². The van der Waals surface area contributed by atoms with Gasteiger partial charge in [0.25, 0.3) is 0 Å². The lowest BCUT2D eigenvalue weighted by Gasteiger charge is -2.14. The third-order valence-corrected chi connectivity index (χ3v) is 5.39. The van der Waals surface area contributed by atoms with Crippen LogP contribution in [0.1, 0.15) is 25.0 Å². The normalized spacial score (nSPS) is 18.9. The molecule has 0 aromatic heterocycles. The zero-order chi connectivity index (χ0) is 19.7. The molecule has 0 bridgehead atoms. The molecule has 0 amide bonds. The molecule has 3 rings (SSSR count). The Morgan fingerprint density at radius 1 is 0.815 bits per heavy atom. The van der Waals surface area contributed by atoms with Gasteiger partial charge in [0.15, 0.2) is 5.41 Å². The lowest BCUT2D eigenvalue weighted by atomic mass is 9.96. The molecule has 0 N–H and O–H groups in total. The first-order valence-corrected chi connectivity index (χ1v) is 8.76. The summed E-state index contributed by atoms with van der Waals surface area (Å²) in [6.45, 7) is 3.67. The second-order valence-corrected chi connectivity index (χ2v) is 7.13. The fourth-order valence-electron chi connectivity index (χ4n) is 3.79. The van der Waals surface area contributed by atoms with Crippen LogP contribution in [0.15, 0.2) is 65.7 Å². The minimum absolute atomic E-state index is 0.583. The highest BCUT2D eigenvalue weighted by Crippen LogP contribution is 2.66. The average molecular weight is 365 g/mol. The van der Waals surface area contributed by atoms with Gasteiger partial charge in [0.2, 0.25) is 0 Å². The summed E-state index contributed by atoms with van der Waals surface area (Å²) in [7, 11) is 2.55. The van der Waals surface area contributed by atoms with Gasteiger partial charge in [-0.3, -0.25) is 14.6 Å². The van der Waals surface area contributed by atoms with Crippen molar-refractivity contribution in [3.8, 4) is 0 Å². The Morgan fingerprint density at radius 3 is 1.59 bits per heavy atom. The molecule has 5 nitrogen and oxygen atoms in total. The molecule has 1 fully saturated rings. The van der Waals surface area contributed by atoms with E-state index in [-0.39, 0.29) is 0 Å². The van der Waals surface area contributed by atoms with Gasteiger partial charge in [-0.2, -0.15) is 0 Å². The zero-order valence-corrected chi connectivity index (χ0v) is 15.9. The lowest BCUT2D eigenvalue weighted by molar-refractivity contribution is -0.163. The second-order valence-electron chi connectivity index (χ2n) is 7.13. The highest BCUT2D eigenvalue weighted by molar-refractivity contribution is 6.14. The molecular weight excluding hydrogens is 342 g/mol. The van der Waals surface area contributed by atoms with Crippen molar-refractivity contribution in [3.05, 3.63) is 71.8 Å². The summed E-state index contributed by atoms with van der Waals surface area (Å²) in [5.74, 6) is -1.23. The minimum atomic E-state index is -1.44. The maximum atomic E-state index is 12.6. The quantitative estimate of drug-likeness (QED) is 0.463. The van der Waals surface area contributed by atoms with Crippen LogP contribution in [0.2, 0.25) is 0 Å². The van der Waals surface area contributed by atoms with Crippen LogP contribution in [0.25, 0.3) is 0 Å². The van der Waals surface area contributed by atoms with E-state index in [0.29, 0.717) is 0 Å². The molecule has 1 aliphatic carbocycles. The number of ether oxygens (including phenoxy) is 2. The second kappa shape index (κ2) is 6.99. The summed E-state index contributed by atoms with van der Waals surface area (Å²) in [4.78, 5) is 30.1. The minimum Gasteiger partial charge on any atom is -0.468 e. The topological polar surface area (TPSA) is 65.0 Å². The van der Waals surface area contributed by atoms with Crippen molar-refractivity contribution < 1.29 is 19.1 Å². The Kier molecular flexibility index (Phi) is 4.87. The number of rotatable bonds is 5. The lowest BCUT2D eigenvalue weighted by Crippen LogP contribution is -2.34. The van der Waals surface area contributed by atoms with Crippen LogP contribution in [0, 0.1) is 10.8 Å².